The molecule has 0 aliphatic carbocycles. The maximum absolute atomic E-state index is 12.9. The summed E-state index contributed by atoms with van der Waals surface area (Å²) in [6, 6.07) is 12.9. The predicted molar refractivity (Wildman–Crippen MR) is 120 cm³/mol. The maximum atomic E-state index is 12.9. The summed E-state index contributed by atoms with van der Waals surface area (Å²) in [5.41, 5.74) is 1.79. The van der Waals surface area contributed by atoms with Crippen LogP contribution in [-0.2, 0) is 21.4 Å². The normalized spacial score (nSPS) is 15.2. The number of rotatable bonds is 7. The second-order valence-electron chi connectivity index (χ2n) is 7.76. The van der Waals surface area contributed by atoms with Gasteiger partial charge in [-0.3, -0.25) is 14.4 Å². The van der Waals surface area contributed by atoms with Crippen molar-refractivity contribution in [3.05, 3.63) is 65.2 Å². The van der Waals surface area contributed by atoms with E-state index < -0.39 is 10.0 Å². The van der Waals surface area contributed by atoms with Crippen LogP contribution in [0.4, 0.5) is 0 Å². The van der Waals surface area contributed by atoms with Crippen LogP contribution < -0.4 is 10.6 Å². The summed E-state index contributed by atoms with van der Waals surface area (Å²) in [7, 11) is -2.11. The number of amides is 2. The molecule has 1 heterocycles. The molecular formula is C23H27N3O5S. The smallest absolute Gasteiger partial charge is 0.251 e. The van der Waals surface area contributed by atoms with E-state index >= 15 is 0 Å². The average molecular weight is 458 g/mol. The summed E-state index contributed by atoms with van der Waals surface area (Å²) in [6.07, 6.45) is 0.851. The first-order valence-electron chi connectivity index (χ1n) is 10.4. The van der Waals surface area contributed by atoms with Crippen LogP contribution in [0.3, 0.4) is 0 Å². The van der Waals surface area contributed by atoms with Gasteiger partial charge in [0.1, 0.15) is 0 Å². The molecule has 2 aromatic carbocycles. The van der Waals surface area contributed by atoms with Gasteiger partial charge in [0, 0.05) is 43.7 Å². The fourth-order valence-corrected chi connectivity index (χ4v) is 5.14. The standard InChI is InChI=1S/C23H27N3O5S/c1-16(27)18-6-8-21(9-7-18)32(30,31)26-12-10-19(11-13-26)23(29)25-15-17-4-3-5-20(14-17)22(28)24-2/h3-9,14,19H,10-13,15H2,1-2H3,(H,24,28)(H,25,29). The lowest BCUT2D eigenvalue weighted by molar-refractivity contribution is -0.126. The molecule has 32 heavy (non-hydrogen) atoms. The van der Waals surface area contributed by atoms with Crippen LogP contribution >= 0.6 is 0 Å². The summed E-state index contributed by atoms with van der Waals surface area (Å²) >= 11 is 0. The van der Waals surface area contributed by atoms with E-state index in [1.54, 1.807) is 25.2 Å². The molecule has 2 N–H and O–H groups in total. The molecule has 1 aliphatic heterocycles. The molecule has 0 radical (unpaired) electrons. The maximum Gasteiger partial charge on any atom is 0.251 e. The largest absolute Gasteiger partial charge is 0.355 e. The lowest BCUT2D eigenvalue weighted by Gasteiger charge is -2.30. The van der Waals surface area contributed by atoms with Gasteiger partial charge in [0.25, 0.3) is 5.91 Å². The van der Waals surface area contributed by atoms with Crippen molar-refractivity contribution >= 4 is 27.6 Å². The van der Waals surface area contributed by atoms with E-state index in [1.165, 1.54) is 35.5 Å². The van der Waals surface area contributed by atoms with E-state index in [0.29, 0.717) is 30.5 Å². The van der Waals surface area contributed by atoms with E-state index in [9.17, 15) is 22.8 Å². The molecule has 2 amide bonds. The van der Waals surface area contributed by atoms with Crippen LogP contribution in [0.1, 0.15) is 46.0 Å². The Hall–Kier alpha value is -3.04. The highest BCUT2D eigenvalue weighted by molar-refractivity contribution is 7.89. The number of carbonyl (C=O) groups is 3. The van der Waals surface area contributed by atoms with Gasteiger partial charge in [0.15, 0.2) is 5.78 Å². The first kappa shape index (κ1) is 23.6. The van der Waals surface area contributed by atoms with Crippen molar-refractivity contribution in [2.45, 2.75) is 31.2 Å². The van der Waals surface area contributed by atoms with Gasteiger partial charge in [-0.25, -0.2) is 8.42 Å². The van der Waals surface area contributed by atoms with Crippen molar-refractivity contribution in [3.63, 3.8) is 0 Å². The summed E-state index contributed by atoms with van der Waals surface area (Å²) in [4.78, 5) is 35.9. The fraction of sp³-hybridized carbons (Fsp3) is 0.348. The molecule has 170 valence electrons. The molecule has 0 bridgehead atoms. The van der Waals surface area contributed by atoms with Crippen LogP contribution in [-0.4, -0.2) is 50.5 Å². The summed E-state index contributed by atoms with van der Waals surface area (Å²) in [5, 5.41) is 5.45. The van der Waals surface area contributed by atoms with Crippen molar-refractivity contribution in [2.75, 3.05) is 20.1 Å². The minimum Gasteiger partial charge on any atom is -0.355 e. The quantitative estimate of drug-likeness (QED) is 0.617. The molecule has 0 saturated carbocycles. The third-order valence-electron chi connectivity index (χ3n) is 5.61. The van der Waals surface area contributed by atoms with E-state index in [4.69, 9.17) is 0 Å². The lowest BCUT2D eigenvalue weighted by atomic mass is 9.97. The number of benzene rings is 2. The molecule has 1 fully saturated rings. The molecule has 0 atom stereocenters. The topological polar surface area (TPSA) is 113 Å². The number of Topliss-reactive ketones (excluding diaryl/α,β-unsaturated/α-hetero) is 1. The first-order valence-corrected chi connectivity index (χ1v) is 11.9. The third-order valence-corrected chi connectivity index (χ3v) is 7.52. The Morgan fingerprint density at radius 1 is 1.00 bits per heavy atom. The zero-order valence-corrected chi connectivity index (χ0v) is 18.9. The Bertz CT molecular complexity index is 1100. The summed E-state index contributed by atoms with van der Waals surface area (Å²) < 4.78 is 27.1. The minimum atomic E-state index is -3.67. The molecule has 2 aromatic rings. The highest BCUT2D eigenvalue weighted by Crippen LogP contribution is 2.24. The molecule has 1 aliphatic rings. The Labute approximate surface area is 188 Å². The Morgan fingerprint density at radius 3 is 2.25 bits per heavy atom. The number of hydrogen-bond acceptors (Lipinski definition) is 5. The van der Waals surface area contributed by atoms with Crippen molar-refractivity contribution < 1.29 is 22.8 Å². The number of carbonyl (C=O) groups excluding carboxylic acids is 3. The van der Waals surface area contributed by atoms with Crippen molar-refractivity contribution in [1.82, 2.24) is 14.9 Å². The molecule has 3 rings (SSSR count). The van der Waals surface area contributed by atoms with Gasteiger partial charge in [0.05, 0.1) is 4.90 Å². The molecular weight excluding hydrogens is 430 g/mol. The van der Waals surface area contributed by atoms with Crippen LogP contribution in [0.15, 0.2) is 53.4 Å². The number of hydrogen-bond donors (Lipinski definition) is 2. The minimum absolute atomic E-state index is 0.124. The Kier molecular flexibility index (Phi) is 7.42. The van der Waals surface area contributed by atoms with Gasteiger partial charge in [-0.1, -0.05) is 24.3 Å². The van der Waals surface area contributed by atoms with Crippen LogP contribution in [0, 0.1) is 5.92 Å². The fourth-order valence-electron chi connectivity index (χ4n) is 3.67. The number of nitrogens with zero attached hydrogens (tertiary/aromatic N) is 1. The Morgan fingerprint density at radius 2 is 1.66 bits per heavy atom. The van der Waals surface area contributed by atoms with Crippen LogP contribution in [0.25, 0.3) is 0 Å². The van der Waals surface area contributed by atoms with Crippen molar-refractivity contribution in [3.8, 4) is 0 Å². The van der Waals surface area contributed by atoms with Gasteiger partial charge in [-0.05, 0) is 49.6 Å². The van der Waals surface area contributed by atoms with Crippen LogP contribution in [0.5, 0.6) is 0 Å². The second-order valence-corrected chi connectivity index (χ2v) is 9.69. The number of piperidine rings is 1. The first-order chi connectivity index (χ1) is 15.2. The SMILES string of the molecule is CNC(=O)c1cccc(CNC(=O)C2CCN(S(=O)(=O)c3ccc(C(C)=O)cc3)CC2)c1. The monoisotopic (exact) mass is 457 g/mol. The zero-order chi connectivity index (χ0) is 23.3. The highest BCUT2D eigenvalue weighted by Gasteiger charge is 2.32. The predicted octanol–water partition coefficient (Wildman–Crippen LogP) is 1.97. The molecule has 9 heteroatoms. The van der Waals surface area contributed by atoms with Gasteiger partial charge in [0.2, 0.25) is 15.9 Å². The van der Waals surface area contributed by atoms with Crippen LogP contribution in [0.2, 0.25) is 0 Å². The molecule has 0 unspecified atom stereocenters. The van der Waals surface area contributed by atoms with E-state index in [2.05, 4.69) is 10.6 Å². The third kappa shape index (κ3) is 5.41. The summed E-state index contributed by atoms with van der Waals surface area (Å²) in [6.45, 7) is 2.23. The molecule has 0 aromatic heterocycles. The van der Waals surface area contributed by atoms with Gasteiger partial charge < -0.3 is 10.6 Å². The van der Waals surface area contributed by atoms with Gasteiger partial charge in [-0.15, -0.1) is 0 Å². The van der Waals surface area contributed by atoms with Crippen molar-refractivity contribution in [2.24, 2.45) is 5.92 Å². The average Bonchev–Trinajstić information content (AvgIpc) is 2.82. The van der Waals surface area contributed by atoms with Crippen molar-refractivity contribution in [1.29, 1.82) is 0 Å². The second kappa shape index (κ2) is 10.1. The number of nitrogens with one attached hydrogen (secondary N) is 2. The lowest BCUT2D eigenvalue weighted by Crippen LogP contribution is -2.42. The zero-order valence-electron chi connectivity index (χ0n) is 18.1. The highest BCUT2D eigenvalue weighted by atomic mass is 32.2. The van der Waals surface area contributed by atoms with E-state index in [0.717, 1.165) is 5.56 Å². The molecule has 0 spiro atoms. The summed E-state index contributed by atoms with van der Waals surface area (Å²) in [5.74, 6) is -0.717. The van der Waals surface area contributed by atoms with Gasteiger partial charge >= 0.3 is 0 Å². The van der Waals surface area contributed by atoms with E-state index in [1.807, 2.05) is 6.07 Å². The molecule has 1 saturated heterocycles. The van der Waals surface area contributed by atoms with Gasteiger partial charge in [-0.2, -0.15) is 4.31 Å². The number of ketones is 1. The Balaban J connectivity index is 1.55. The number of sulfonamides is 1. The van der Waals surface area contributed by atoms with E-state index in [-0.39, 0.29) is 41.5 Å². The molecule has 8 nitrogen and oxygen atoms in total.